The van der Waals surface area contributed by atoms with Gasteiger partial charge in [-0.05, 0) is 65.7 Å². The third-order valence-corrected chi connectivity index (χ3v) is 6.66. The van der Waals surface area contributed by atoms with Crippen LogP contribution in [-0.2, 0) is 0 Å². The number of benzene rings is 2. The van der Waals surface area contributed by atoms with Crippen molar-refractivity contribution < 1.29 is 5.11 Å². The Kier molecular flexibility index (Phi) is 7.73. The van der Waals surface area contributed by atoms with Gasteiger partial charge in [-0.3, -0.25) is 0 Å². The fraction of sp³-hybridized carbons (Fsp3) is 0.556. The van der Waals surface area contributed by atoms with Gasteiger partial charge in [0.05, 0.1) is 6.10 Å². The van der Waals surface area contributed by atoms with Crippen molar-refractivity contribution in [2.45, 2.75) is 84.2 Å². The summed E-state index contributed by atoms with van der Waals surface area (Å²) in [5, 5.41) is 10.2. The van der Waals surface area contributed by atoms with Gasteiger partial charge in [0.2, 0.25) is 0 Å². The van der Waals surface area contributed by atoms with Crippen molar-refractivity contribution in [3.63, 3.8) is 0 Å². The van der Waals surface area contributed by atoms with E-state index in [0.717, 1.165) is 17.4 Å². The van der Waals surface area contributed by atoms with Gasteiger partial charge in [0.1, 0.15) is 0 Å². The number of hydrogen-bond donors (Lipinski definition) is 1. The maximum absolute atomic E-state index is 10.2. The van der Waals surface area contributed by atoms with E-state index < -0.39 is 0 Å². The highest BCUT2D eigenvalue weighted by atomic mass is 16.3. The molecule has 1 fully saturated rings. The predicted molar refractivity (Wildman–Crippen MR) is 121 cm³/mol. The van der Waals surface area contributed by atoms with Gasteiger partial charge in [0.15, 0.2) is 0 Å². The van der Waals surface area contributed by atoms with Gasteiger partial charge < -0.3 is 5.11 Å². The zero-order chi connectivity index (χ0) is 19.9. The molecule has 0 heterocycles. The van der Waals surface area contributed by atoms with E-state index in [2.05, 4.69) is 69.3 Å². The summed E-state index contributed by atoms with van der Waals surface area (Å²) in [5.41, 5.74) is 5.02. The minimum atomic E-state index is -0.381. The molecule has 1 aliphatic rings. The zero-order valence-electron chi connectivity index (χ0n) is 18.0. The number of aliphatic hydroxyl groups is 1. The summed E-state index contributed by atoms with van der Waals surface area (Å²) in [4.78, 5) is 0. The fourth-order valence-electron chi connectivity index (χ4n) is 4.67. The Hall–Kier alpha value is -1.60. The summed E-state index contributed by atoms with van der Waals surface area (Å²) in [7, 11) is 0. The molecule has 1 saturated carbocycles. The molecule has 1 aliphatic carbocycles. The van der Waals surface area contributed by atoms with Crippen molar-refractivity contribution >= 4 is 0 Å². The van der Waals surface area contributed by atoms with Crippen LogP contribution in [0.5, 0.6) is 0 Å². The predicted octanol–water partition coefficient (Wildman–Crippen LogP) is 7.90. The van der Waals surface area contributed by atoms with Gasteiger partial charge in [0, 0.05) is 0 Å². The van der Waals surface area contributed by atoms with Gasteiger partial charge in [-0.15, -0.1) is 0 Å². The van der Waals surface area contributed by atoms with Crippen LogP contribution in [0.1, 0.15) is 95.3 Å². The Labute approximate surface area is 172 Å². The molecule has 28 heavy (non-hydrogen) atoms. The van der Waals surface area contributed by atoms with Crippen LogP contribution >= 0.6 is 0 Å². The Bertz CT molecular complexity index is 690. The minimum Gasteiger partial charge on any atom is -0.388 e. The molecule has 1 nitrogen and oxygen atoms in total. The van der Waals surface area contributed by atoms with Gasteiger partial charge >= 0.3 is 0 Å². The second-order valence-electron chi connectivity index (χ2n) is 9.15. The van der Waals surface area contributed by atoms with E-state index in [-0.39, 0.29) is 12.0 Å². The molecule has 3 rings (SSSR count). The molecule has 0 spiro atoms. The summed E-state index contributed by atoms with van der Waals surface area (Å²) < 4.78 is 0. The van der Waals surface area contributed by atoms with Gasteiger partial charge in [-0.25, -0.2) is 0 Å². The molecule has 0 saturated heterocycles. The van der Waals surface area contributed by atoms with Crippen LogP contribution in [0.15, 0.2) is 48.5 Å². The molecule has 1 N–H and O–H groups in total. The maximum Gasteiger partial charge on any atom is 0.0812 e. The van der Waals surface area contributed by atoms with E-state index in [9.17, 15) is 5.11 Å². The Morgan fingerprint density at radius 1 is 0.821 bits per heavy atom. The first-order chi connectivity index (χ1) is 13.6. The van der Waals surface area contributed by atoms with Gasteiger partial charge in [-0.2, -0.15) is 0 Å². The van der Waals surface area contributed by atoms with Crippen LogP contribution in [0.4, 0.5) is 0 Å². The molecule has 2 aromatic carbocycles. The zero-order valence-corrected chi connectivity index (χ0v) is 18.0. The Morgan fingerprint density at radius 3 is 1.93 bits per heavy atom. The largest absolute Gasteiger partial charge is 0.388 e. The fourth-order valence-corrected chi connectivity index (χ4v) is 4.67. The molecule has 2 aromatic rings. The molecule has 1 unspecified atom stereocenters. The molecule has 152 valence electrons. The molecule has 1 atom stereocenters. The molecule has 0 aromatic heterocycles. The lowest BCUT2D eigenvalue weighted by Gasteiger charge is -2.29. The number of aliphatic hydroxyl groups excluding tert-OH is 1. The molecular weight excluding hydrogens is 340 g/mol. The molecule has 0 radical (unpaired) electrons. The molecule has 0 bridgehead atoms. The summed E-state index contributed by atoms with van der Waals surface area (Å²) in [5.74, 6) is 1.97. The number of rotatable bonds is 8. The van der Waals surface area contributed by atoms with E-state index in [1.165, 1.54) is 68.1 Å². The molecule has 1 heteroatoms. The van der Waals surface area contributed by atoms with Crippen molar-refractivity contribution in [1.29, 1.82) is 0 Å². The summed E-state index contributed by atoms with van der Waals surface area (Å²) >= 11 is 0. The second kappa shape index (κ2) is 10.3. The molecular formula is C27H38O. The van der Waals surface area contributed by atoms with Crippen LogP contribution in [0.25, 0.3) is 11.1 Å². The highest BCUT2D eigenvalue weighted by molar-refractivity contribution is 5.64. The van der Waals surface area contributed by atoms with Gasteiger partial charge in [-0.1, -0.05) is 95.0 Å². The first-order valence-electron chi connectivity index (χ1n) is 11.5. The lowest BCUT2D eigenvalue weighted by molar-refractivity contribution is 0.127. The monoisotopic (exact) mass is 378 g/mol. The minimum absolute atomic E-state index is 0.242. The summed E-state index contributed by atoms with van der Waals surface area (Å²) in [6.45, 7) is 6.40. The van der Waals surface area contributed by atoms with Crippen LogP contribution in [-0.4, -0.2) is 5.11 Å². The molecule has 0 aliphatic heterocycles. The standard InChI is InChI=1S/C27H38O/c1-4-5-6-7-21-8-10-22(11-9-21)23-12-14-24(15-13-23)25-16-18-26(19-17-25)27(28)20(2)3/h12-22,27-28H,4-11H2,1-3H3. The lowest BCUT2D eigenvalue weighted by Crippen LogP contribution is -2.13. The SMILES string of the molecule is CCCCCC1CCC(c2ccc(-c3ccc(C(O)C(C)C)cc3)cc2)CC1. The van der Waals surface area contributed by atoms with Crippen molar-refractivity contribution in [2.75, 3.05) is 0 Å². The van der Waals surface area contributed by atoms with Crippen LogP contribution in [0.2, 0.25) is 0 Å². The van der Waals surface area contributed by atoms with E-state index in [0.29, 0.717) is 0 Å². The first kappa shape index (κ1) is 21.1. The van der Waals surface area contributed by atoms with Crippen molar-refractivity contribution in [3.05, 3.63) is 59.7 Å². The van der Waals surface area contributed by atoms with Gasteiger partial charge in [0.25, 0.3) is 0 Å². The third kappa shape index (κ3) is 5.47. The Balaban J connectivity index is 1.57. The summed E-state index contributed by atoms with van der Waals surface area (Å²) in [6.07, 6.45) is 10.8. The van der Waals surface area contributed by atoms with Crippen LogP contribution in [0, 0.1) is 11.8 Å². The number of unbranched alkanes of at least 4 members (excludes halogenated alkanes) is 2. The smallest absolute Gasteiger partial charge is 0.0812 e. The van der Waals surface area contributed by atoms with Crippen LogP contribution in [0.3, 0.4) is 0 Å². The average Bonchev–Trinajstić information content (AvgIpc) is 2.74. The highest BCUT2D eigenvalue weighted by Crippen LogP contribution is 2.38. The van der Waals surface area contributed by atoms with E-state index in [4.69, 9.17) is 0 Å². The normalized spacial score (nSPS) is 21.0. The van der Waals surface area contributed by atoms with E-state index in [1.54, 1.807) is 0 Å². The van der Waals surface area contributed by atoms with Crippen molar-refractivity contribution in [1.82, 2.24) is 0 Å². The van der Waals surface area contributed by atoms with Crippen molar-refractivity contribution in [3.8, 4) is 11.1 Å². The van der Waals surface area contributed by atoms with Crippen molar-refractivity contribution in [2.24, 2.45) is 11.8 Å². The maximum atomic E-state index is 10.2. The molecule has 0 amide bonds. The second-order valence-corrected chi connectivity index (χ2v) is 9.15. The summed E-state index contributed by atoms with van der Waals surface area (Å²) in [6, 6.07) is 17.6. The third-order valence-electron chi connectivity index (χ3n) is 6.66. The van der Waals surface area contributed by atoms with Crippen LogP contribution < -0.4 is 0 Å². The topological polar surface area (TPSA) is 20.2 Å². The first-order valence-corrected chi connectivity index (χ1v) is 11.5. The Morgan fingerprint density at radius 2 is 1.39 bits per heavy atom. The highest BCUT2D eigenvalue weighted by Gasteiger charge is 2.22. The number of hydrogen-bond acceptors (Lipinski definition) is 1. The van der Waals surface area contributed by atoms with E-state index in [1.807, 2.05) is 0 Å². The quantitative estimate of drug-likeness (QED) is 0.463. The lowest BCUT2D eigenvalue weighted by atomic mass is 9.77. The average molecular weight is 379 g/mol. The van der Waals surface area contributed by atoms with E-state index >= 15 is 0 Å².